The number of thioether (sulfide) groups is 1. The maximum Gasteiger partial charge on any atom is 0.172 e. The van der Waals surface area contributed by atoms with Gasteiger partial charge in [-0.25, -0.2) is 15.0 Å². The van der Waals surface area contributed by atoms with Gasteiger partial charge in [-0.05, 0) is 0 Å². The van der Waals surface area contributed by atoms with Gasteiger partial charge in [-0.15, -0.1) is 0 Å². The molecular weight excluding hydrogens is 378 g/mol. The number of hydrogen-bond donors (Lipinski definition) is 4. The minimum Gasteiger partial charge on any atom is -0.394 e. The number of nitrogen functional groups attached to an aromatic ring is 1. The predicted octanol–water partition coefficient (Wildman–Crippen LogP) is -1.22. The standard InChI is InChI=1S/C15H23N5O6S/c1-24-2-3-25-4-5-27-15-19-9-12(16)17-7-18-13(9)20(15)14-11(23)10(22)8(6-21)26-14/h7-8,10-11,14,21-23H,2-6H2,1H3,(H2,16,17,18)/t8-,10-,11-,14-/m1/s1. The third-order valence-electron chi connectivity index (χ3n) is 4.14. The molecule has 0 spiro atoms. The Morgan fingerprint density at radius 2 is 2.07 bits per heavy atom. The number of methoxy groups -OCH3 is 1. The molecule has 1 aliphatic rings. The highest BCUT2D eigenvalue weighted by atomic mass is 32.2. The van der Waals surface area contributed by atoms with Crippen molar-refractivity contribution >= 4 is 28.7 Å². The first kappa shape index (κ1) is 20.2. The highest BCUT2D eigenvalue weighted by molar-refractivity contribution is 7.99. The van der Waals surface area contributed by atoms with Crippen LogP contribution < -0.4 is 5.73 Å². The van der Waals surface area contributed by atoms with Crippen molar-refractivity contribution in [2.45, 2.75) is 29.7 Å². The van der Waals surface area contributed by atoms with Gasteiger partial charge in [0.2, 0.25) is 0 Å². The Kier molecular flexibility index (Phi) is 6.81. The Labute approximate surface area is 159 Å². The maximum absolute atomic E-state index is 10.4. The van der Waals surface area contributed by atoms with Gasteiger partial charge >= 0.3 is 0 Å². The molecule has 27 heavy (non-hydrogen) atoms. The molecule has 0 amide bonds. The van der Waals surface area contributed by atoms with Gasteiger partial charge < -0.3 is 35.3 Å². The molecule has 0 saturated carbocycles. The second-order valence-electron chi connectivity index (χ2n) is 5.88. The first-order valence-electron chi connectivity index (χ1n) is 8.38. The van der Waals surface area contributed by atoms with Crippen LogP contribution >= 0.6 is 11.8 Å². The van der Waals surface area contributed by atoms with E-state index in [1.807, 2.05) is 0 Å². The minimum atomic E-state index is -1.26. The third-order valence-corrected chi connectivity index (χ3v) is 5.05. The van der Waals surface area contributed by atoms with Crippen molar-refractivity contribution in [2.24, 2.45) is 0 Å². The number of aliphatic hydroxyl groups excluding tert-OH is 3. The Hall–Kier alpha value is -1.54. The van der Waals surface area contributed by atoms with E-state index in [9.17, 15) is 15.3 Å². The number of nitrogens with zero attached hydrogens (tertiary/aromatic N) is 4. The fraction of sp³-hybridized carbons (Fsp3) is 0.667. The van der Waals surface area contributed by atoms with Crippen LogP contribution in [0.4, 0.5) is 5.82 Å². The van der Waals surface area contributed by atoms with Crippen molar-refractivity contribution in [3.63, 3.8) is 0 Å². The second-order valence-corrected chi connectivity index (χ2v) is 6.94. The van der Waals surface area contributed by atoms with Crippen molar-refractivity contribution in [1.82, 2.24) is 19.5 Å². The zero-order chi connectivity index (χ0) is 19.4. The Morgan fingerprint density at radius 1 is 1.26 bits per heavy atom. The number of hydrogen-bond acceptors (Lipinski definition) is 11. The van der Waals surface area contributed by atoms with Gasteiger partial charge in [-0.1, -0.05) is 11.8 Å². The van der Waals surface area contributed by atoms with Crippen LogP contribution in [0.5, 0.6) is 0 Å². The molecule has 3 heterocycles. The van der Waals surface area contributed by atoms with Crippen LogP contribution in [0, 0.1) is 0 Å². The monoisotopic (exact) mass is 401 g/mol. The lowest BCUT2D eigenvalue weighted by molar-refractivity contribution is -0.0548. The molecule has 4 atom stereocenters. The third kappa shape index (κ3) is 4.16. The van der Waals surface area contributed by atoms with E-state index < -0.39 is 31.1 Å². The van der Waals surface area contributed by atoms with E-state index in [1.165, 1.54) is 18.1 Å². The molecule has 2 aromatic rings. The average Bonchev–Trinajstić information content (AvgIpc) is 3.17. The van der Waals surface area contributed by atoms with Gasteiger partial charge in [0.1, 0.15) is 24.6 Å². The summed E-state index contributed by atoms with van der Waals surface area (Å²) in [6.07, 6.45) is -3.07. The van der Waals surface area contributed by atoms with Crippen LogP contribution in [0.2, 0.25) is 0 Å². The lowest BCUT2D eigenvalue weighted by Crippen LogP contribution is -2.33. The fourth-order valence-electron chi connectivity index (χ4n) is 2.77. The second kappa shape index (κ2) is 9.10. The summed E-state index contributed by atoms with van der Waals surface area (Å²) in [5.41, 5.74) is 6.64. The number of anilines is 1. The lowest BCUT2D eigenvalue weighted by Gasteiger charge is -2.19. The summed E-state index contributed by atoms with van der Waals surface area (Å²) in [4.78, 5) is 12.6. The first-order valence-corrected chi connectivity index (χ1v) is 9.37. The summed E-state index contributed by atoms with van der Waals surface area (Å²) in [7, 11) is 1.60. The normalized spacial score (nSPS) is 25.5. The van der Waals surface area contributed by atoms with Gasteiger partial charge in [0, 0.05) is 12.9 Å². The molecule has 5 N–H and O–H groups in total. The summed E-state index contributed by atoms with van der Waals surface area (Å²) in [6.45, 7) is 1.04. The predicted molar refractivity (Wildman–Crippen MR) is 96.2 cm³/mol. The molecule has 1 saturated heterocycles. The molecule has 12 heteroatoms. The van der Waals surface area contributed by atoms with E-state index in [1.54, 1.807) is 11.7 Å². The molecule has 150 valence electrons. The number of aliphatic hydroxyl groups is 3. The number of ether oxygens (including phenoxy) is 3. The molecule has 0 bridgehead atoms. The van der Waals surface area contributed by atoms with Crippen molar-refractivity contribution in [2.75, 3.05) is 45.0 Å². The van der Waals surface area contributed by atoms with Crippen LogP contribution in [0.3, 0.4) is 0 Å². The first-order chi connectivity index (χ1) is 13.1. The number of nitrogens with two attached hydrogens (primary N) is 1. The molecule has 1 aliphatic heterocycles. The van der Waals surface area contributed by atoms with Crippen LogP contribution in [0.25, 0.3) is 11.2 Å². The van der Waals surface area contributed by atoms with E-state index in [2.05, 4.69) is 15.0 Å². The average molecular weight is 401 g/mol. The number of fused-ring (bicyclic) bond motifs is 1. The summed E-state index contributed by atoms with van der Waals surface area (Å²) in [5, 5.41) is 30.3. The largest absolute Gasteiger partial charge is 0.394 e. The Bertz CT molecular complexity index is 762. The zero-order valence-corrected chi connectivity index (χ0v) is 15.6. The molecule has 11 nitrogen and oxygen atoms in total. The van der Waals surface area contributed by atoms with Gasteiger partial charge in [0.25, 0.3) is 0 Å². The van der Waals surface area contributed by atoms with Gasteiger partial charge in [-0.3, -0.25) is 4.57 Å². The van der Waals surface area contributed by atoms with Crippen LogP contribution in [0.1, 0.15) is 6.23 Å². The Morgan fingerprint density at radius 3 is 2.78 bits per heavy atom. The van der Waals surface area contributed by atoms with E-state index >= 15 is 0 Å². The van der Waals surface area contributed by atoms with Crippen molar-refractivity contribution in [3.8, 4) is 0 Å². The van der Waals surface area contributed by atoms with E-state index in [-0.39, 0.29) is 5.82 Å². The summed E-state index contributed by atoms with van der Waals surface area (Å²) in [6, 6.07) is 0. The van der Waals surface area contributed by atoms with Crippen LogP contribution in [-0.2, 0) is 14.2 Å². The molecule has 0 aromatic carbocycles. The summed E-state index contributed by atoms with van der Waals surface area (Å²) < 4.78 is 17.6. The zero-order valence-electron chi connectivity index (χ0n) is 14.8. The highest BCUT2D eigenvalue weighted by Crippen LogP contribution is 2.36. The molecule has 0 radical (unpaired) electrons. The van der Waals surface area contributed by atoms with Crippen molar-refractivity contribution in [3.05, 3.63) is 6.33 Å². The van der Waals surface area contributed by atoms with Gasteiger partial charge in [0.05, 0.1) is 26.4 Å². The number of rotatable bonds is 9. The molecule has 1 fully saturated rings. The van der Waals surface area contributed by atoms with E-state index in [0.29, 0.717) is 41.9 Å². The minimum absolute atomic E-state index is 0.198. The SMILES string of the molecule is COCCOCCSc1nc2c(N)ncnc2n1[C@@H]1O[C@H](CO)[C@@H](O)[C@H]1O. The van der Waals surface area contributed by atoms with Gasteiger partial charge in [0.15, 0.2) is 28.4 Å². The maximum atomic E-state index is 10.4. The van der Waals surface area contributed by atoms with Crippen LogP contribution in [0.15, 0.2) is 11.5 Å². The summed E-state index contributed by atoms with van der Waals surface area (Å²) >= 11 is 1.37. The van der Waals surface area contributed by atoms with Crippen LogP contribution in [-0.4, -0.2) is 92.4 Å². The molecule has 0 unspecified atom stereocenters. The molecular formula is C15H23N5O6S. The molecule has 3 rings (SSSR count). The number of aromatic nitrogens is 4. The molecule has 0 aliphatic carbocycles. The van der Waals surface area contributed by atoms with Crippen molar-refractivity contribution < 1.29 is 29.5 Å². The quantitative estimate of drug-likeness (QED) is 0.294. The Balaban J connectivity index is 1.85. The fourth-order valence-corrected chi connectivity index (χ4v) is 3.64. The van der Waals surface area contributed by atoms with Gasteiger partial charge in [-0.2, -0.15) is 0 Å². The highest BCUT2D eigenvalue weighted by Gasteiger charge is 2.45. The number of imidazole rings is 1. The molecule has 2 aromatic heterocycles. The van der Waals surface area contributed by atoms with E-state index in [0.717, 1.165) is 0 Å². The topological polar surface area (TPSA) is 158 Å². The summed E-state index contributed by atoms with van der Waals surface area (Å²) in [5.74, 6) is 0.776. The van der Waals surface area contributed by atoms with E-state index in [4.69, 9.17) is 19.9 Å². The smallest absolute Gasteiger partial charge is 0.172 e. The lowest BCUT2D eigenvalue weighted by atomic mass is 10.1. The van der Waals surface area contributed by atoms with Crippen molar-refractivity contribution in [1.29, 1.82) is 0 Å².